The van der Waals surface area contributed by atoms with Crippen molar-refractivity contribution in [3.8, 4) is 5.75 Å². The van der Waals surface area contributed by atoms with Crippen LogP contribution in [0.25, 0.3) is 0 Å². The summed E-state index contributed by atoms with van der Waals surface area (Å²) in [6.07, 6.45) is 0. The fourth-order valence-corrected chi connectivity index (χ4v) is 0.968. The lowest BCUT2D eigenvalue weighted by Gasteiger charge is -2.20. The van der Waals surface area contributed by atoms with Crippen LogP contribution >= 0.6 is 0 Å². The van der Waals surface area contributed by atoms with Gasteiger partial charge in [0, 0.05) is 12.1 Å². The number of non-ortho nitro benzene ring substituents is 1. The number of ether oxygens (including phenoxy) is 1. The normalized spacial score (nSPS) is 13.8. The molecule has 0 aromatic heterocycles. The van der Waals surface area contributed by atoms with E-state index in [1.165, 1.54) is 31.2 Å². The third-order valence-electron chi connectivity index (χ3n) is 2.15. The Kier molecular flexibility index (Phi) is 3.64. The maximum Gasteiger partial charge on any atom is 0.269 e. The number of rotatable bonds is 5. The van der Waals surface area contributed by atoms with E-state index in [9.17, 15) is 14.9 Å². The monoisotopic (exact) mass is 239 g/mol. The summed E-state index contributed by atoms with van der Waals surface area (Å²) < 4.78 is 5.22. The third-order valence-corrected chi connectivity index (χ3v) is 2.15. The number of nitrogens with two attached hydrogens (primary N) is 2. The Morgan fingerprint density at radius 2 is 2.00 bits per heavy atom. The van der Waals surface area contributed by atoms with Crippen molar-refractivity contribution in [1.82, 2.24) is 0 Å². The van der Waals surface area contributed by atoms with Crippen LogP contribution in [0.2, 0.25) is 0 Å². The van der Waals surface area contributed by atoms with Crippen LogP contribution in [-0.4, -0.2) is 23.0 Å². The summed E-state index contributed by atoms with van der Waals surface area (Å²) in [6, 6.07) is 5.45. The quantitative estimate of drug-likeness (QED) is 0.560. The van der Waals surface area contributed by atoms with Crippen LogP contribution in [-0.2, 0) is 4.79 Å². The molecule has 1 aromatic carbocycles. The molecule has 0 aliphatic heterocycles. The summed E-state index contributed by atoms with van der Waals surface area (Å²) in [4.78, 5) is 20.8. The van der Waals surface area contributed by atoms with Crippen molar-refractivity contribution in [2.24, 2.45) is 11.5 Å². The van der Waals surface area contributed by atoms with Gasteiger partial charge in [0.2, 0.25) is 5.91 Å². The van der Waals surface area contributed by atoms with E-state index in [0.717, 1.165) is 0 Å². The Balaban J connectivity index is 2.65. The van der Waals surface area contributed by atoms with Crippen LogP contribution in [0.1, 0.15) is 6.92 Å². The molecule has 1 atom stereocenters. The van der Waals surface area contributed by atoms with Crippen LogP contribution < -0.4 is 16.2 Å². The van der Waals surface area contributed by atoms with E-state index < -0.39 is 16.4 Å². The maximum atomic E-state index is 10.9. The fourth-order valence-electron chi connectivity index (χ4n) is 0.968. The molecule has 17 heavy (non-hydrogen) atoms. The minimum Gasteiger partial charge on any atom is -0.491 e. The number of hydrogen-bond acceptors (Lipinski definition) is 5. The van der Waals surface area contributed by atoms with Gasteiger partial charge in [0.15, 0.2) is 0 Å². The number of carbonyl (C=O) groups excluding carboxylic acids is 1. The molecule has 92 valence electrons. The Bertz CT molecular complexity index is 428. The summed E-state index contributed by atoms with van der Waals surface area (Å²) in [5.74, 6) is -0.298. The van der Waals surface area contributed by atoms with Crippen molar-refractivity contribution in [3.05, 3.63) is 34.4 Å². The van der Waals surface area contributed by atoms with Crippen molar-refractivity contribution in [1.29, 1.82) is 0 Å². The van der Waals surface area contributed by atoms with E-state index in [1.807, 2.05) is 0 Å². The highest BCUT2D eigenvalue weighted by Crippen LogP contribution is 2.18. The van der Waals surface area contributed by atoms with Crippen LogP contribution in [0.4, 0.5) is 5.69 Å². The van der Waals surface area contributed by atoms with Crippen molar-refractivity contribution in [3.63, 3.8) is 0 Å². The van der Waals surface area contributed by atoms with Gasteiger partial charge in [-0.3, -0.25) is 14.9 Å². The second-order valence-corrected chi connectivity index (χ2v) is 3.82. The molecule has 7 nitrogen and oxygen atoms in total. The average molecular weight is 239 g/mol. The average Bonchev–Trinajstić information content (AvgIpc) is 2.27. The number of hydrogen-bond donors (Lipinski definition) is 2. The molecule has 1 aromatic rings. The van der Waals surface area contributed by atoms with Crippen molar-refractivity contribution in [2.75, 3.05) is 6.61 Å². The molecular formula is C10H13N3O4. The molecule has 4 N–H and O–H groups in total. The standard InChI is InChI=1S/C10H13N3O4/c1-10(12,9(11)14)6-17-8-4-2-7(3-5-8)13(15)16/h2-5H,6,12H2,1H3,(H2,11,14). The molecular weight excluding hydrogens is 226 g/mol. The van der Waals surface area contributed by atoms with Gasteiger partial charge in [0.1, 0.15) is 17.9 Å². The van der Waals surface area contributed by atoms with Gasteiger partial charge in [-0.15, -0.1) is 0 Å². The van der Waals surface area contributed by atoms with E-state index >= 15 is 0 Å². The van der Waals surface area contributed by atoms with Crippen LogP contribution in [0.3, 0.4) is 0 Å². The van der Waals surface area contributed by atoms with Crippen LogP contribution in [0.15, 0.2) is 24.3 Å². The number of nitrogens with zero attached hydrogens (tertiary/aromatic N) is 1. The zero-order valence-electron chi connectivity index (χ0n) is 9.25. The van der Waals surface area contributed by atoms with E-state index in [4.69, 9.17) is 16.2 Å². The molecule has 0 aliphatic carbocycles. The Morgan fingerprint density at radius 3 is 2.41 bits per heavy atom. The minimum atomic E-state index is -1.28. The Hall–Kier alpha value is -2.15. The molecule has 0 saturated carbocycles. The maximum absolute atomic E-state index is 10.9. The molecule has 0 radical (unpaired) electrons. The topological polar surface area (TPSA) is 121 Å². The van der Waals surface area contributed by atoms with Gasteiger partial charge in [-0.2, -0.15) is 0 Å². The number of nitro benzene ring substituents is 1. The number of primary amides is 1. The second-order valence-electron chi connectivity index (χ2n) is 3.82. The predicted molar refractivity (Wildman–Crippen MR) is 60.4 cm³/mol. The highest BCUT2D eigenvalue weighted by Gasteiger charge is 2.26. The SMILES string of the molecule is CC(N)(COc1ccc([N+](=O)[O-])cc1)C(N)=O. The van der Waals surface area contributed by atoms with Gasteiger partial charge in [0.05, 0.1) is 4.92 Å². The summed E-state index contributed by atoms with van der Waals surface area (Å²) in [5, 5.41) is 10.4. The van der Waals surface area contributed by atoms with Gasteiger partial charge in [0.25, 0.3) is 5.69 Å². The summed E-state index contributed by atoms with van der Waals surface area (Å²) in [6.45, 7) is 1.35. The summed E-state index contributed by atoms with van der Waals surface area (Å²) >= 11 is 0. The van der Waals surface area contributed by atoms with Gasteiger partial charge >= 0.3 is 0 Å². The second kappa shape index (κ2) is 4.79. The smallest absolute Gasteiger partial charge is 0.269 e. The molecule has 1 rings (SSSR count). The molecule has 7 heteroatoms. The third kappa shape index (κ3) is 3.42. The van der Waals surface area contributed by atoms with E-state index in [1.54, 1.807) is 0 Å². The van der Waals surface area contributed by atoms with Gasteiger partial charge in [-0.1, -0.05) is 0 Å². The Morgan fingerprint density at radius 1 is 1.47 bits per heavy atom. The molecule has 0 spiro atoms. The van der Waals surface area contributed by atoms with Gasteiger partial charge in [-0.05, 0) is 19.1 Å². The zero-order valence-corrected chi connectivity index (χ0v) is 9.25. The van der Waals surface area contributed by atoms with Crippen molar-refractivity contribution < 1.29 is 14.5 Å². The predicted octanol–water partition coefficient (Wildman–Crippen LogP) is 0.176. The highest BCUT2D eigenvalue weighted by molar-refractivity contribution is 5.84. The fraction of sp³-hybridized carbons (Fsp3) is 0.300. The highest BCUT2D eigenvalue weighted by atomic mass is 16.6. The van der Waals surface area contributed by atoms with Crippen molar-refractivity contribution >= 4 is 11.6 Å². The van der Waals surface area contributed by atoms with E-state index in [-0.39, 0.29) is 12.3 Å². The largest absolute Gasteiger partial charge is 0.491 e. The molecule has 1 amide bonds. The summed E-state index contributed by atoms with van der Waals surface area (Å²) in [5.41, 5.74) is 9.33. The van der Waals surface area contributed by atoms with Crippen molar-refractivity contribution in [2.45, 2.75) is 12.5 Å². The number of benzene rings is 1. The van der Waals surface area contributed by atoms with Crippen LogP contribution in [0.5, 0.6) is 5.75 Å². The number of amides is 1. The van der Waals surface area contributed by atoms with E-state index in [0.29, 0.717) is 5.75 Å². The molecule has 0 fully saturated rings. The summed E-state index contributed by atoms with van der Waals surface area (Å²) in [7, 11) is 0. The molecule has 0 aliphatic rings. The first-order valence-electron chi connectivity index (χ1n) is 4.79. The number of carbonyl (C=O) groups is 1. The first-order valence-corrected chi connectivity index (χ1v) is 4.79. The zero-order chi connectivity index (χ0) is 13.1. The molecule has 0 bridgehead atoms. The molecule has 0 saturated heterocycles. The van der Waals surface area contributed by atoms with Crippen LogP contribution in [0, 0.1) is 10.1 Å². The first kappa shape index (κ1) is 12.9. The molecule has 1 unspecified atom stereocenters. The minimum absolute atomic E-state index is 0.0391. The number of nitro groups is 1. The lowest BCUT2D eigenvalue weighted by Crippen LogP contribution is -2.53. The van der Waals surface area contributed by atoms with Gasteiger partial charge < -0.3 is 16.2 Å². The molecule has 0 heterocycles. The lowest BCUT2D eigenvalue weighted by molar-refractivity contribution is -0.384. The first-order chi connectivity index (χ1) is 7.83. The Labute approximate surface area is 97.5 Å². The van der Waals surface area contributed by atoms with Gasteiger partial charge in [-0.25, -0.2) is 0 Å². The lowest BCUT2D eigenvalue weighted by atomic mass is 10.1. The van der Waals surface area contributed by atoms with E-state index in [2.05, 4.69) is 0 Å².